The van der Waals surface area contributed by atoms with Crippen LogP contribution in [0.25, 0.3) is 11.3 Å². The van der Waals surface area contributed by atoms with Crippen molar-refractivity contribution >= 4 is 11.3 Å². The molecule has 1 aromatic heterocycles. The summed E-state index contributed by atoms with van der Waals surface area (Å²) < 4.78 is 11.1. The number of methoxy groups -OCH3 is 1. The van der Waals surface area contributed by atoms with Crippen LogP contribution in [0.3, 0.4) is 0 Å². The molecule has 0 saturated carbocycles. The number of benzene rings is 1. The standard InChI is InChI=1S/C19H26N2O2S/c1-13-10-15(11-14(2)17(13)22-5)16-12-24-18(20-16)19(21(3)4)6-8-23-9-7-19/h10-12H,6-9H2,1-5H3. The first-order valence-electron chi connectivity index (χ1n) is 8.35. The van der Waals surface area contributed by atoms with E-state index in [1.807, 2.05) is 0 Å². The Morgan fingerprint density at radius 1 is 1.17 bits per heavy atom. The molecule has 130 valence electrons. The predicted molar refractivity (Wildman–Crippen MR) is 99.0 cm³/mol. The maximum atomic E-state index is 5.58. The van der Waals surface area contributed by atoms with Crippen molar-refractivity contribution in [1.29, 1.82) is 0 Å². The first kappa shape index (κ1) is 17.4. The molecule has 0 radical (unpaired) electrons. The third-order valence-electron chi connectivity index (χ3n) is 5.04. The molecular formula is C19H26N2O2S. The summed E-state index contributed by atoms with van der Waals surface area (Å²) in [6.07, 6.45) is 1.99. The van der Waals surface area contributed by atoms with Gasteiger partial charge in [-0.3, -0.25) is 4.90 Å². The Kier molecular flexibility index (Phi) is 4.95. The molecule has 1 aliphatic heterocycles. The largest absolute Gasteiger partial charge is 0.496 e. The van der Waals surface area contributed by atoms with Crippen molar-refractivity contribution < 1.29 is 9.47 Å². The molecule has 0 amide bonds. The van der Waals surface area contributed by atoms with Gasteiger partial charge in [-0.05, 0) is 64.0 Å². The van der Waals surface area contributed by atoms with E-state index in [9.17, 15) is 0 Å². The number of aryl methyl sites for hydroxylation is 2. The van der Waals surface area contributed by atoms with Gasteiger partial charge in [-0.2, -0.15) is 0 Å². The highest BCUT2D eigenvalue weighted by molar-refractivity contribution is 7.10. The molecule has 5 heteroatoms. The van der Waals surface area contributed by atoms with Crippen LogP contribution in [0.4, 0.5) is 0 Å². The Bertz CT molecular complexity index is 695. The van der Waals surface area contributed by atoms with Gasteiger partial charge >= 0.3 is 0 Å². The van der Waals surface area contributed by atoms with Crippen molar-refractivity contribution in [3.63, 3.8) is 0 Å². The third-order valence-corrected chi connectivity index (χ3v) is 6.07. The minimum absolute atomic E-state index is 0.00226. The number of hydrogen-bond donors (Lipinski definition) is 0. The summed E-state index contributed by atoms with van der Waals surface area (Å²) in [5.41, 5.74) is 4.51. The van der Waals surface area contributed by atoms with E-state index >= 15 is 0 Å². The molecule has 3 rings (SSSR count). The van der Waals surface area contributed by atoms with Gasteiger partial charge in [-0.25, -0.2) is 4.98 Å². The summed E-state index contributed by atoms with van der Waals surface area (Å²) in [6.45, 7) is 5.77. The first-order valence-corrected chi connectivity index (χ1v) is 9.22. The van der Waals surface area contributed by atoms with Crippen LogP contribution in [0, 0.1) is 13.8 Å². The van der Waals surface area contributed by atoms with Gasteiger partial charge in [-0.15, -0.1) is 11.3 Å². The van der Waals surface area contributed by atoms with Gasteiger partial charge in [-0.1, -0.05) is 0 Å². The molecule has 0 atom stereocenters. The Morgan fingerprint density at radius 2 is 1.79 bits per heavy atom. The van der Waals surface area contributed by atoms with Crippen LogP contribution in [0.2, 0.25) is 0 Å². The minimum atomic E-state index is -0.00226. The molecule has 24 heavy (non-hydrogen) atoms. The van der Waals surface area contributed by atoms with Crippen molar-refractivity contribution in [1.82, 2.24) is 9.88 Å². The van der Waals surface area contributed by atoms with Gasteiger partial charge in [0.1, 0.15) is 10.8 Å². The third kappa shape index (κ3) is 2.96. The summed E-state index contributed by atoms with van der Waals surface area (Å²) in [7, 11) is 6.02. The SMILES string of the molecule is COc1c(C)cc(-c2csc(C3(N(C)C)CCOCC3)n2)cc1C. The van der Waals surface area contributed by atoms with Crippen LogP contribution < -0.4 is 4.74 Å². The monoisotopic (exact) mass is 346 g/mol. The normalized spacial score (nSPS) is 17.2. The van der Waals surface area contributed by atoms with E-state index in [-0.39, 0.29) is 5.54 Å². The summed E-state index contributed by atoms with van der Waals surface area (Å²) in [4.78, 5) is 7.32. The molecule has 0 spiro atoms. The van der Waals surface area contributed by atoms with Gasteiger partial charge in [0.05, 0.1) is 18.3 Å². The van der Waals surface area contributed by atoms with E-state index < -0.39 is 0 Å². The molecule has 1 aliphatic rings. The first-order chi connectivity index (χ1) is 11.5. The zero-order chi connectivity index (χ0) is 17.3. The van der Waals surface area contributed by atoms with E-state index in [2.05, 4.69) is 50.4 Å². The minimum Gasteiger partial charge on any atom is -0.496 e. The lowest BCUT2D eigenvalue weighted by Crippen LogP contribution is -2.45. The zero-order valence-corrected chi connectivity index (χ0v) is 16.0. The van der Waals surface area contributed by atoms with Crippen LogP contribution in [0.5, 0.6) is 5.75 Å². The lowest BCUT2D eigenvalue weighted by Gasteiger charge is -2.41. The smallest absolute Gasteiger partial charge is 0.124 e. The molecule has 0 aliphatic carbocycles. The number of hydrogen-bond acceptors (Lipinski definition) is 5. The van der Waals surface area contributed by atoms with Gasteiger partial charge < -0.3 is 9.47 Å². The molecule has 4 nitrogen and oxygen atoms in total. The van der Waals surface area contributed by atoms with Crippen LogP contribution in [-0.2, 0) is 10.3 Å². The molecular weight excluding hydrogens is 320 g/mol. The highest BCUT2D eigenvalue weighted by Crippen LogP contribution is 2.40. The molecule has 2 heterocycles. The molecule has 0 unspecified atom stereocenters. The summed E-state index contributed by atoms with van der Waals surface area (Å²) in [5.74, 6) is 0.961. The Labute approximate surface area is 148 Å². The van der Waals surface area contributed by atoms with E-state index in [1.165, 1.54) is 5.01 Å². The number of ether oxygens (including phenoxy) is 2. The predicted octanol–water partition coefficient (Wildman–Crippen LogP) is 4.00. The van der Waals surface area contributed by atoms with Gasteiger partial charge in [0.25, 0.3) is 0 Å². The number of rotatable bonds is 4. The van der Waals surface area contributed by atoms with E-state index in [0.29, 0.717) is 0 Å². The lowest BCUT2D eigenvalue weighted by atomic mass is 9.89. The van der Waals surface area contributed by atoms with Crippen LogP contribution >= 0.6 is 11.3 Å². The molecule has 0 N–H and O–H groups in total. The van der Waals surface area contributed by atoms with Crippen molar-refractivity contribution in [3.05, 3.63) is 33.6 Å². The van der Waals surface area contributed by atoms with Gasteiger partial charge in [0.15, 0.2) is 0 Å². The Balaban J connectivity index is 1.98. The second-order valence-electron chi connectivity index (χ2n) is 6.72. The van der Waals surface area contributed by atoms with Crippen molar-refractivity contribution in [2.24, 2.45) is 0 Å². The average Bonchev–Trinajstić information content (AvgIpc) is 3.05. The maximum Gasteiger partial charge on any atom is 0.124 e. The highest BCUT2D eigenvalue weighted by Gasteiger charge is 2.39. The molecule has 0 bridgehead atoms. The Morgan fingerprint density at radius 3 is 2.33 bits per heavy atom. The van der Waals surface area contributed by atoms with Gasteiger partial charge in [0.2, 0.25) is 0 Å². The molecule has 2 aromatic rings. The Hall–Kier alpha value is -1.43. The van der Waals surface area contributed by atoms with Crippen LogP contribution in [0.1, 0.15) is 29.0 Å². The van der Waals surface area contributed by atoms with E-state index in [0.717, 1.165) is 54.2 Å². The fourth-order valence-corrected chi connectivity index (χ4v) is 4.77. The van der Waals surface area contributed by atoms with Crippen molar-refractivity contribution in [2.45, 2.75) is 32.2 Å². The zero-order valence-electron chi connectivity index (χ0n) is 15.2. The number of aromatic nitrogens is 1. The molecule has 1 fully saturated rings. The number of nitrogens with zero attached hydrogens (tertiary/aromatic N) is 2. The maximum absolute atomic E-state index is 5.58. The number of thiazole rings is 1. The molecule has 1 saturated heterocycles. The fourth-order valence-electron chi connectivity index (χ4n) is 3.60. The summed E-state index contributed by atoms with van der Waals surface area (Å²) in [5, 5.41) is 3.37. The fraction of sp³-hybridized carbons (Fsp3) is 0.526. The summed E-state index contributed by atoms with van der Waals surface area (Å²) in [6, 6.07) is 4.33. The average molecular weight is 346 g/mol. The lowest BCUT2D eigenvalue weighted by molar-refractivity contribution is -0.0106. The van der Waals surface area contributed by atoms with Crippen molar-refractivity contribution in [3.8, 4) is 17.0 Å². The van der Waals surface area contributed by atoms with E-state index in [1.54, 1.807) is 18.4 Å². The quantitative estimate of drug-likeness (QED) is 0.838. The molecule has 1 aromatic carbocycles. The van der Waals surface area contributed by atoms with E-state index in [4.69, 9.17) is 14.5 Å². The second-order valence-corrected chi connectivity index (χ2v) is 7.58. The van der Waals surface area contributed by atoms with Gasteiger partial charge in [0, 0.05) is 24.2 Å². The summed E-state index contributed by atoms with van der Waals surface area (Å²) >= 11 is 1.76. The second kappa shape index (κ2) is 6.82. The van der Waals surface area contributed by atoms with Crippen LogP contribution in [0.15, 0.2) is 17.5 Å². The van der Waals surface area contributed by atoms with Crippen molar-refractivity contribution in [2.75, 3.05) is 34.4 Å². The van der Waals surface area contributed by atoms with Crippen LogP contribution in [-0.4, -0.2) is 44.3 Å². The topological polar surface area (TPSA) is 34.6 Å². The highest BCUT2D eigenvalue weighted by atomic mass is 32.1.